The lowest BCUT2D eigenvalue weighted by Gasteiger charge is -1.91. The van der Waals surface area contributed by atoms with Gasteiger partial charge in [0.25, 0.3) is 0 Å². The summed E-state index contributed by atoms with van der Waals surface area (Å²) >= 11 is 4.05. The smallest absolute Gasteiger partial charge is 0.151 e. The maximum atomic E-state index is 10.2. The fourth-order valence-corrected chi connectivity index (χ4v) is 0.800. The molecule has 0 atom stereocenters. The van der Waals surface area contributed by atoms with Crippen LogP contribution >= 0.6 is 12.6 Å². The van der Waals surface area contributed by atoms with Crippen molar-refractivity contribution >= 4 is 18.9 Å². The first-order chi connectivity index (χ1) is 6.26. The topological polar surface area (TPSA) is 29.1 Å². The molecule has 0 unspecified atom stereocenters. The van der Waals surface area contributed by atoms with Crippen LogP contribution in [0.2, 0.25) is 0 Å². The summed E-state index contributed by atoms with van der Waals surface area (Å²) in [4.78, 5) is 10.9. The monoisotopic (exact) mass is 197 g/mol. The van der Waals surface area contributed by atoms with Crippen LogP contribution in [-0.4, -0.2) is 19.9 Å². The largest absolute Gasteiger partial charge is 0.320 e. The van der Waals surface area contributed by atoms with Gasteiger partial charge in [-0.2, -0.15) is 0 Å². The molecule has 0 aromatic heterocycles. The van der Waals surface area contributed by atoms with Gasteiger partial charge in [-0.15, -0.1) is 12.6 Å². The summed E-state index contributed by atoms with van der Waals surface area (Å²) < 4.78 is 0. The lowest BCUT2D eigenvalue weighted by atomic mass is 10.2. The molecule has 13 heavy (non-hydrogen) atoms. The number of thiol groups is 1. The number of carbonyl (C=O) groups is 1. The van der Waals surface area contributed by atoms with Crippen LogP contribution in [0.1, 0.15) is 17.3 Å². The van der Waals surface area contributed by atoms with Gasteiger partial charge in [0.15, 0.2) is 6.29 Å². The summed E-state index contributed by atoms with van der Waals surface area (Å²) in [5.74, 6) is 0. The quantitative estimate of drug-likeness (QED) is 0.561. The molecule has 0 amide bonds. The molecule has 0 saturated heterocycles. The van der Waals surface area contributed by atoms with Gasteiger partial charge in [-0.1, -0.05) is 25.1 Å². The van der Waals surface area contributed by atoms with Crippen molar-refractivity contribution < 1.29 is 4.79 Å². The molecular weight excluding hydrogens is 182 g/mol. The Morgan fingerprint density at radius 3 is 2.31 bits per heavy atom. The molecule has 0 heterocycles. The van der Waals surface area contributed by atoms with Crippen molar-refractivity contribution in [2.45, 2.75) is 11.8 Å². The third-order valence-electron chi connectivity index (χ3n) is 1.42. The summed E-state index contributed by atoms with van der Waals surface area (Å²) in [7, 11) is 1.93. The van der Waals surface area contributed by atoms with Crippen molar-refractivity contribution in [3.63, 3.8) is 0 Å². The second-order valence-corrected chi connectivity index (χ2v) is 2.87. The maximum absolute atomic E-state index is 10.2. The van der Waals surface area contributed by atoms with Gasteiger partial charge < -0.3 is 5.32 Å². The molecular formula is C10H15NOS. The summed E-state index contributed by atoms with van der Waals surface area (Å²) in [6, 6.07) is 7.17. The Labute approximate surface area is 84.8 Å². The zero-order valence-electron chi connectivity index (χ0n) is 7.95. The Bertz CT molecular complexity index is 248. The zero-order chi connectivity index (χ0) is 10.1. The van der Waals surface area contributed by atoms with E-state index in [-0.39, 0.29) is 0 Å². The zero-order valence-corrected chi connectivity index (χ0v) is 8.84. The number of rotatable bonds is 2. The molecule has 3 heteroatoms. The van der Waals surface area contributed by atoms with Crippen LogP contribution in [0, 0.1) is 0 Å². The van der Waals surface area contributed by atoms with E-state index in [4.69, 9.17) is 0 Å². The minimum atomic E-state index is 0.640. The number of aldehydes is 1. The van der Waals surface area contributed by atoms with Gasteiger partial charge in [-0.25, -0.2) is 0 Å². The third kappa shape index (κ3) is 5.44. The van der Waals surface area contributed by atoms with E-state index >= 15 is 0 Å². The molecule has 1 aromatic rings. The molecule has 0 bridgehead atoms. The van der Waals surface area contributed by atoms with Crippen LogP contribution in [0.4, 0.5) is 0 Å². The second kappa shape index (κ2) is 7.83. The van der Waals surface area contributed by atoms with Gasteiger partial charge in [0.1, 0.15) is 0 Å². The number of benzene rings is 1. The molecule has 0 radical (unpaired) electrons. The Hall–Kier alpha value is -0.800. The highest BCUT2D eigenvalue weighted by Gasteiger charge is 1.91. The van der Waals surface area contributed by atoms with E-state index in [0.717, 1.165) is 17.7 Å². The van der Waals surface area contributed by atoms with E-state index < -0.39 is 0 Å². The Balaban J connectivity index is 0.000000310. The third-order valence-corrected chi connectivity index (χ3v) is 1.82. The number of nitrogens with one attached hydrogen (secondary N) is 1. The van der Waals surface area contributed by atoms with Crippen LogP contribution in [0.25, 0.3) is 0 Å². The molecule has 0 spiro atoms. The summed E-state index contributed by atoms with van der Waals surface area (Å²) in [5, 5.41) is 2.93. The van der Waals surface area contributed by atoms with Crippen LogP contribution in [-0.2, 0) is 0 Å². The van der Waals surface area contributed by atoms with Gasteiger partial charge in [-0.05, 0) is 19.7 Å². The molecule has 0 aliphatic carbocycles. The number of carbonyl (C=O) groups excluding carboxylic acids is 1. The Morgan fingerprint density at radius 2 is 2.00 bits per heavy atom. The van der Waals surface area contributed by atoms with Crippen molar-refractivity contribution in [2.24, 2.45) is 0 Å². The fourth-order valence-electron chi connectivity index (χ4n) is 0.587. The van der Waals surface area contributed by atoms with E-state index in [0.29, 0.717) is 5.56 Å². The number of hydrogen-bond donors (Lipinski definition) is 2. The molecule has 1 rings (SSSR count). The minimum absolute atomic E-state index is 0.640. The molecule has 0 aliphatic rings. The van der Waals surface area contributed by atoms with E-state index in [2.05, 4.69) is 24.9 Å². The van der Waals surface area contributed by atoms with Crippen molar-refractivity contribution in [1.29, 1.82) is 0 Å². The van der Waals surface area contributed by atoms with Crippen molar-refractivity contribution in [1.82, 2.24) is 5.32 Å². The highest BCUT2D eigenvalue weighted by atomic mass is 32.1. The molecule has 72 valence electrons. The molecule has 1 N–H and O–H groups in total. The lowest BCUT2D eigenvalue weighted by Crippen LogP contribution is -2.01. The van der Waals surface area contributed by atoms with Crippen LogP contribution in [0.15, 0.2) is 29.2 Å². The second-order valence-electron chi connectivity index (χ2n) is 2.38. The average Bonchev–Trinajstić information content (AvgIpc) is 2.19. The summed E-state index contributed by atoms with van der Waals surface area (Å²) in [5.41, 5.74) is 0.640. The van der Waals surface area contributed by atoms with Crippen molar-refractivity contribution in [3.05, 3.63) is 29.8 Å². The van der Waals surface area contributed by atoms with E-state index in [9.17, 15) is 4.79 Å². The van der Waals surface area contributed by atoms with E-state index in [1.807, 2.05) is 19.2 Å². The molecule has 2 nitrogen and oxygen atoms in total. The predicted molar refractivity (Wildman–Crippen MR) is 58.7 cm³/mol. The molecule has 0 saturated carbocycles. The standard InChI is InChI=1S/C7H6OS.C3H9N/c8-5-6-3-1-2-4-7(6)9;1-3-4-2/h1-5,9H;4H,3H2,1-2H3. The molecule has 0 aliphatic heterocycles. The van der Waals surface area contributed by atoms with Crippen molar-refractivity contribution in [3.8, 4) is 0 Å². The first-order valence-corrected chi connectivity index (χ1v) is 4.58. The Kier molecular flexibility index (Phi) is 7.35. The van der Waals surface area contributed by atoms with Gasteiger partial charge >= 0.3 is 0 Å². The van der Waals surface area contributed by atoms with Gasteiger partial charge in [0, 0.05) is 10.5 Å². The van der Waals surface area contributed by atoms with E-state index in [1.165, 1.54) is 0 Å². The van der Waals surface area contributed by atoms with E-state index in [1.54, 1.807) is 12.1 Å². The van der Waals surface area contributed by atoms with Gasteiger partial charge in [0.05, 0.1) is 0 Å². The fraction of sp³-hybridized carbons (Fsp3) is 0.300. The highest BCUT2D eigenvalue weighted by molar-refractivity contribution is 7.80. The number of hydrogen-bond acceptors (Lipinski definition) is 3. The highest BCUT2D eigenvalue weighted by Crippen LogP contribution is 2.09. The van der Waals surface area contributed by atoms with Crippen molar-refractivity contribution in [2.75, 3.05) is 13.6 Å². The normalized spacial score (nSPS) is 8.54. The first-order valence-electron chi connectivity index (χ1n) is 4.14. The minimum Gasteiger partial charge on any atom is -0.320 e. The van der Waals surface area contributed by atoms with Gasteiger partial charge in [0.2, 0.25) is 0 Å². The summed E-state index contributed by atoms with van der Waals surface area (Å²) in [6.45, 7) is 3.14. The first kappa shape index (κ1) is 12.2. The predicted octanol–water partition coefficient (Wildman–Crippen LogP) is 2.01. The van der Waals surface area contributed by atoms with Crippen LogP contribution in [0.3, 0.4) is 0 Å². The molecule has 0 fully saturated rings. The summed E-state index contributed by atoms with van der Waals surface area (Å²) in [6.07, 6.45) is 0.794. The van der Waals surface area contributed by atoms with Crippen LogP contribution < -0.4 is 5.32 Å². The van der Waals surface area contributed by atoms with Crippen LogP contribution in [0.5, 0.6) is 0 Å². The molecule has 1 aromatic carbocycles. The lowest BCUT2D eigenvalue weighted by molar-refractivity contribution is 0.112. The SMILES string of the molecule is CCNC.O=Cc1ccccc1S. The maximum Gasteiger partial charge on any atom is 0.151 e. The Morgan fingerprint density at radius 1 is 1.46 bits per heavy atom. The van der Waals surface area contributed by atoms with Gasteiger partial charge in [-0.3, -0.25) is 4.79 Å². The average molecular weight is 197 g/mol.